The van der Waals surface area contributed by atoms with Gasteiger partial charge in [-0.05, 0) is 25.2 Å². The van der Waals surface area contributed by atoms with Gasteiger partial charge >= 0.3 is 5.97 Å². The zero-order valence-electron chi connectivity index (χ0n) is 13.2. The average molecular weight is 280 g/mol. The molecule has 0 spiro atoms. The van der Waals surface area contributed by atoms with Gasteiger partial charge in [-0.3, -0.25) is 4.79 Å². The van der Waals surface area contributed by atoms with Crippen molar-refractivity contribution >= 4 is 5.97 Å². The second-order valence-corrected chi connectivity index (χ2v) is 6.45. The quantitative estimate of drug-likeness (QED) is 0.657. The van der Waals surface area contributed by atoms with Crippen LogP contribution in [-0.4, -0.2) is 11.1 Å². The summed E-state index contributed by atoms with van der Waals surface area (Å²) in [4.78, 5) is 11.0. The van der Waals surface area contributed by atoms with Crippen LogP contribution in [-0.2, 0) is 4.79 Å². The molecule has 20 heavy (non-hydrogen) atoms. The second-order valence-electron chi connectivity index (χ2n) is 6.45. The molecule has 0 amide bonds. The van der Waals surface area contributed by atoms with Crippen LogP contribution in [0.3, 0.4) is 0 Å². The van der Waals surface area contributed by atoms with Gasteiger partial charge in [0.25, 0.3) is 0 Å². The lowest BCUT2D eigenvalue weighted by atomic mass is 9.96. The third-order valence-corrected chi connectivity index (χ3v) is 4.31. The fourth-order valence-corrected chi connectivity index (χ4v) is 3.14. The van der Waals surface area contributed by atoms with Gasteiger partial charge in [0.15, 0.2) is 0 Å². The molecular formula is C18H32O2. The maximum Gasteiger partial charge on any atom is 0.307 e. The van der Waals surface area contributed by atoms with E-state index in [4.69, 9.17) is 5.11 Å². The van der Waals surface area contributed by atoms with Crippen molar-refractivity contribution in [1.29, 1.82) is 0 Å². The molecule has 1 aliphatic carbocycles. The van der Waals surface area contributed by atoms with Crippen LogP contribution < -0.4 is 0 Å². The topological polar surface area (TPSA) is 37.3 Å². The van der Waals surface area contributed by atoms with Gasteiger partial charge in [0.1, 0.15) is 0 Å². The van der Waals surface area contributed by atoms with Crippen molar-refractivity contribution in [2.45, 2.75) is 90.4 Å². The summed E-state index contributed by atoms with van der Waals surface area (Å²) in [6.07, 6.45) is 17.9. The van der Waals surface area contributed by atoms with Crippen LogP contribution >= 0.6 is 0 Å². The highest BCUT2D eigenvalue weighted by molar-refractivity contribution is 5.69. The van der Waals surface area contributed by atoms with Crippen molar-refractivity contribution in [3.8, 4) is 0 Å². The highest BCUT2D eigenvalue weighted by atomic mass is 16.4. The molecule has 2 nitrogen and oxygen atoms in total. The summed E-state index contributed by atoms with van der Waals surface area (Å²) in [5.41, 5.74) is 1.15. The van der Waals surface area contributed by atoms with Crippen molar-refractivity contribution in [3.63, 3.8) is 0 Å². The minimum absolute atomic E-state index is 0.240. The molecule has 1 atom stereocenters. The standard InChI is InChI=1S/C18H32O2/c1-16-12-10-8-6-4-2-3-5-7-9-11-13-17(14-16)15-18(19)20/h14,16H,2-13,15H2,1H3,(H,19,20)/t16-/m1/s1. The van der Waals surface area contributed by atoms with E-state index >= 15 is 0 Å². The Kier molecular flexibility index (Phi) is 9.44. The number of hydrogen-bond donors (Lipinski definition) is 1. The van der Waals surface area contributed by atoms with Crippen LogP contribution in [0.2, 0.25) is 0 Å². The third kappa shape index (κ3) is 9.17. The first kappa shape index (κ1) is 17.3. The van der Waals surface area contributed by atoms with Gasteiger partial charge in [0.05, 0.1) is 6.42 Å². The normalized spacial score (nSPS) is 24.2. The van der Waals surface area contributed by atoms with Gasteiger partial charge in [-0.2, -0.15) is 0 Å². The molecule has 0 saturated carbocycles. The molecule has 0 unspecified atom stereocenters. The SMILES string of the molecule is C[C@H]1C=C(CC(=O)O)CCCCCCCCCCCC1. The molecule has 1 N–H and O–H groups in total. The maximum absolute atomic E-state index is 11.0. The highest BCUT2D eigenvalue weighted by Crippen LogP contribution is 2.21. The number of carbonyl (C=O) groups is 1. The van der Waals surface area contributed by atoms with Gasteiger partial charge in [0, 0.05) is 0 Å². The molecule has 116 valence electrons. The monoisotopic (exact) mass is 280 g/mol. The van der Waals surface area contributed by atoms with Crippen molar-refractivity contribution in [1.82, 2.24) is 0 Å². The minimum atomic E-state index is -0.679. The molecule has 0 aliphatic heterocycles. The predicted molar refractivity (Wildman–Crippen MR) is 84.9 cm³/mol. The van der Waals surface area contributed by atoms with E-state index in [-0.39, 0.29) is 6.42 Å². The van der Waals surface area contributed by atoms with Crippen LogP contribution in [0, 0.1) is 5.92 Å². The zero-order valence-corrected chi connectivity index (χ0v) is 13.2. The highest BCUT2D eigenvalue weighted by Gasteiger charge is 2.07. The largest absolute Gasteiger partial charge is 0.481 e. The van der Waals surface area contributed by atoms with E-state index in [2.05, 4.69) is 13.0 Å². The van der Waals surface area contributed by atoms with E-state index in [1.54, 1.807) is 0 Å². The number of allylic oxidation sites excluding steroid dienone is 1. The van der Waals surface area contributed by atoms with E-state index in [1.165, 1.54) is 64.2 Å². The minimum Gasteiger partial charge on any atom is -0.481 e. The van der Waals surface area contributed by atoms with Gasteiger partial charge < -0.3 is 5.11 Å². The predicted octanol–water partition coefficient (Wildman–Crippen LogP) is 5.72. The summed E-state index contributed by atoms with van der Waals surface area (Å²) in [5, 5.41) is 9.02. The van der Waals surface area contributed by atoms with Crippen LogP contribution in [0.4, 0.5) is 0 Å². The van der Waals surface area contributed by atoms with Crippen LogP contribution in [0.5, 0.6) is 0 Å². The van der Waals surface area contributed by atoms with Gasteiger partial charge in [-0.1, -0.05) is 76.4 Å². The van der Waals surface area contributed by atoms with Crippen LogP contribution in [0.15, 0.2) is 11.6 Å². The molecular weight excluding hydrogens is 248 g/mol. The number of carboxylic acid groups (broad SMARTS) is 1. The Hall–Kier alpha value is -0.790. The van der Waals surface area contributed by atoms with Crippen molar-refractivity contribution in [2.24, 2.45) is 5.92 Å². The number of hydrogen-bond acceptors (Lipinski definition) is 1. The summed E-state index contributed by atoms with van der Waals surface area (Å²) in [6, 6.07) is 0. The smallest absolute Gasteiger partial charge is 0.307 e. The molecule has 1 aliphatic rings. The zero-order chi connectivity index (χ0) is 14.6. The van der Waals surface area contributed by atoms with Crippen LogP contribution in [0.25, 0.3) is 0 Å². The van der Waals surface area contributed by atoms with Gasteiger partial charge in [-0.15, -0.1) is 0 Å². The summed E-state index contributed by atoms with van der Waals surface area (Å²) < 4.78 is 0. The van der Waals surface area contributed by atoms with E-state index in [0.29, 0.717) is 5.92 Å². The Morgan fingerprint density at radius 3 is 2.05 bits per heavy atom. The van der Waals surface area contributed by atoms with Crippen molar-refractivity contribution in [3.05, 3.63) is 11.6 Å². The molecule has 2 heteroatoms. The Morgan fingerprint density at radius 1 is 1.00 bits per heavy atom. The molecule has 0 saturated heterocycles. The third-order valence-electron chi connectivity index (χ3n) is 4.31. The molecule has 0 aromatic carbocycles. The number of carboxylic acids is 1. The summed E-state index contributed by atoms with van der Waals surface area (Å²) in [7, 11) is 0. The molecule has 0 fully saturated rings. The van der Waals surface area contributed by atoms with E-state index in [1.807, 2.05) is 0 Å². The lowest BCUT2D eigenvalue weighted by Crippen LogP contribution is -2.01. The molecule has 1 rings (SSSR count). The van der Waals surface area contributed by atoms with E-state index in [0.717, 1.165) is 18.4 Å². The van der Waals surface area contributed by atoms with E-state index < -0.39 is 5.97 Å². The Balaban J connectivity index is 2.49. The summed E-state index contributed by atoms with van der Waals surface area (Å²) in [5.74, 6) is -0.143. The van der Waals surface area contributed by atoms with E-state index in [9.17, 15) is 4.79 Å². The second kappa shape index (κ2) is 10.9. The van der Waals surface area contributed by atoms with Crippen LogP contribution in [0.1, 0.15) is 90.4 Å². The summed E-state index contributed by atoms with van der Waals surface area (Å²) in [6.45, 7) is 2.24. The fourth-order valence-electron chi connectivity index (χ4n) is 3.14. The molecule has 0 aromatic rings. The Morgan fingerprint density at radius 2 is 1.50 bits per heavy atom. The lowest BCUT2D eigenvalue weighted by Gasteiger charge is -2.10. The fraction of sp³-hybridized carbons (Fsp3) is 0.833. The van der Waals surface area contributed by atoms with Gasteiger partial charge in [0.2, 0.25) is 0 Å². The number of rotatable bonds is 2. The average Bonchev–Trinajstić information content (AvgIpc) is 2.39. The molecule has 0 aromatic heterocycles. The van der Waals surface area contributed by atoms with Gasteiger partial charge in [-0.25, -0.2) is 0 Å². The maximum atomic E-state index is 11.0. The number of aliphatic carboxylic acids is 1. The first-order valence-electron chi connectivity index (χ1n) is 8.60. The summed E-state index contributed by atoms with van der Waals surface area (Å²) >= 11 is 0. The first-order chi connectivity index (χ1) is 9.68. The molecule has 0 radical (unpaired) electrons. The molecule has 0 bridgehead atoms. The molecule has 0 heterocycles. The van der Waals surface area contributed by atoms with Crippen molar-refractivity contribution in [2.75, 3.05) is 0 Å². The Labute approximate surface area is 124 Å². The van der Waals surface area contributed by atoms with Crippen molar-refractivity contribution < 1.29 is 9.90 Å². The first-order valence-corrected chi connectivity index (χ1v) is 8.60. The Bertz CT molecular complexity index is 294. The lowest BCUT2D eigenvalue weighted by molar-refractivity contribution is -0.136.